The predicted octanol–water partition coefficient (Wildman–Crippen LogP) is 4.12. The second-order valence-electron chi connectivity index (χ2n) is 8.83. The van der Waals surface area contributed by atoms with Crippen molar-refractivity contribution in [1.29, 1.82) is 0 Å². The molecule has 1 N–H and O–H groups in total. The molecule has 0 aliphatic carbocycles. The molecule has 7 heteroatoms. The molecule has 32 heavy (non-hydrogen) atoms. The van der Waals surface area contributed by atoms with E-state index in [1.807, 2.05) is 24.5 Å². The van der Waals surface area contributed by atoms with Gasteiger partial charge >= 0.3 is 0 Å². The van der Waals surface area contributed by atoms with Gasteiger partial charge in [0.2, 0.25) is 0 Å². The van der Waals surface area contributed by atoms with E-state index < -0.39 is 0 Å². The minimum Gasteiger partial charge on any atom is -0.352 e. The van der Waals surface area contributed by atoms with Gasteiger partial charge in [0.05, 0.1) is 17.8 Å². The van der Waals surface area contributed by atoms with Gasteiger partial charge in [-0.1, -0.05) is 12.1 Å². The lowest BCUT2D eigenvalue weighted by molar-refractivity contribution is 0.292. The van der Waals surface area contributed by atoms with E-state index in [1.54, 1.807) is 0 Å². The molecule has 1 aliphatic heterocycles. The highest BCUT2D eigenvalue weighted by Crippen LogP contribution is 2.41. The molecule has 0 amide bonds. The molecule has 1 aliphatic rings. The SMILES string of the molecule is Cc1ccc(-n2c(C)cc([C@H]3[C@H](c4ccccn4)NC(=S)N3CCCN(C)C)c2C)nc1. The summed E-state index contributed by atoms with van der Waals surface area (Å²) < 4.78 is 2.24. The highest BCUT2D eigenvalue weighted by atomic mass is 32.1. The standard InChI is InChI=1S/C25H32N6S/c1-17-10-11-22(27-16-17)31-18(2)15-20(19(31)3)24-23(21-9-6-7-12-26-21)28-25(32)30(24)14-8-13-29(4)5/h6-7,9-12,15-16,23-24H,8,13-14H2,1-5H3,(H,28,32)/t23-,24-/m0/s1. The van der Waals surface area contributed by atoms with E-state index in [4.69, 9.17) is 12.2 Å². The van der Waals surface area contributed by atoms with Crippen LogP contribution in [0.1, 0.15) is 46.7 Å². The van der Waals surface area contributed by atoms with Gasteiger partial charge in [-0.05, 0) is 95.4 Å². The molecular formula is C25H32N6S. The Morgan fingerprint density at radius 2 is 1.91 bits per heavy atom. The molecular weight excluding hydrogens is 416 g/mol. The number of pyridine rings is 2. The Morgan fingerprint density at radius 1 is 1.09 bits per heavy atom. The quantitative estimate of drug-likeness (QED) is 0.549. The number of nitrogens with zero attached hydrogens (tertiary/aromatic N) is 5. The topological polar surface area (TPSA) is 49.2 Å². The molecule has 3 aromatic rings. The Balaban J connectivity index is 1.76. The third kappa shape index (κ3) is 4.40. The zero-order valence-electron chi connectivity index (χ0n) is 19.5. The minimum absolute atomic E-state index is 0.00276. The molecule has 168 valence electrons. The van der Waals surface area contributed by atoms with Crippen molar-refractivity contribution in [3.63, 3.8) is 0 Å². The first-order chi connectivity index (χ1) is 15.4. The second kappa shape index (κ2) is 9.38. The molecule has 1 saturated heterocycles. The molecule has 4 heterocycles. The average molecular weight is 449 g/mol. The Kier molecular flexibility index (Phi) is 6.58. The van der Waals surface area contributed by atoms with Crippen LogP contribution in [0.15, 0.2) is 48.8 Å². The van der Waals surface area contributed by atoms with Crippen LogP contribution >= 0.6 is 12.2 Å². The van der Waals surface area contributed by atoms with Crippen molar-refractivity contribution in [2.75, 3.05) is 27.2 Å². The van der Waals surface area contributed by atoms with Crippen LogP contribution in [0.5, 0.6) is 0 Å². The largest absolute Gasteiger partial charge is 0.352 e. The van der Waals surface area contributed by atoms with E-state index >= 15 is 0 Å². The van der Waals surface area contributed by atoms with Crippen molar-refractivity contribution in [3.8, 4) is 5.82 Å². The number of rotatable bonds is 7. The lowest BCUT2D eigenvalue weighted by atomic mass is 9.96. The Bertz CT molecular complexity index is 1070. The normalized spacial score (nSPS) is 18.4. The molecule has 0 unspecified atom stereocenters. The fourth-order valence-corrected chi connectivity index (χ4v) is 4.91. The van der Waals surface area contributed by atoms with Crippen LogP contribution in [0.2, 0.25) is 0 Å². The third-order valence-electron chi connectivity index (χ3n) is 6.12. The Morgan fingerprint density at radius 3 is 2.56 bits per heavy atom. The van der Waals surface area contributed by atoms with Crippen LogP contribution in [0.3, 0.4) is 0 Å². The summed E-state index contributed by atoms with van der Waals surface area (Å²) in [6.45, 7) is 8.30. The first-order valence-electron chi connectivity index (χ1n) is 11.1. The Hall–Kier alpha value is -2.77. The summed E-state index contributed by atoms with van der Waals surface area (Å²) in [5.74, 6) is 0.943. The van der Waals surface area contributed by atoms with Crippen LogP contribution in [-0.4, -0.2) is 56.6 Å². The van der Waals surface area contributed by atoms with E-state index in [-0.39, 0.29) is 12.1 Å². The van der Waals surface area contributed by atoms with Gasteiger partial charge in [-0.3, -0.25) is 4.98 Å². The van der Waals surface area contributed by atoms with Gasteiger partial charge in [0, 0.05) is 30.3 Å². The zero-order chi connectivity index (χ0) is 22.8. The van der Waals surface area contributed by atoms with Gasteiger partial charge in [-0.15, -0.1) is 0 Å². The number of hydrogen-bond donors (Lipinski definition) is 1. The van der Waals surface area contributed by atoms with Gasteiger partial charge in [-0.25, -0.2) is 4.98 Å². The summed E-state index contributed by atoms with van der Waals surface area (Å²) in [7, 11) is 4.22. The van der Waals surface area contributed by atoms with E-state index in [2.05, 4.69) is 88.8 Å². The summed E-state index contributed by atoms with van der Waals surface area (Å²) in [5, 5.41) is 4.36. The fourth-order valence-electron chi connectivity index (χ4n) is 4.57. The minimum atomic E-state index is 0.00276. The molecule has 0 saturated carbocycles. The second-order valence-corrected chi connectivity index (χ2v) is 9.22. The molecule has 1 fully saturated rings. The molecule has 0 radical (unpaired) electrons. The highest BCUT2D eigenvalue weighted by Gasteiger charge is 2.41. The number of thiocarbonyl (C=S) groups is 1. The van der Waals surface area contributed by atoms with Crippen LogP contribution in [-0.2, 0) is 0 Å². The van der Waals surface area contributed by atoms with Crippen molar-refractivity contribution in [1.82, 2.24) is 29.7 Å². The van der Waals surface area contributed by atoms with E-state index in [1.165, 1.54) is 17.0 Å². The van der Waals surface area contributed by atoms with Crippen LogP contribution in [0, 0.1) is 20.8 Å². The summed E-state index contributed by atoms with van der Waals surface area (Å²) >= 11 is 5.82. The average Bonchev–Trinajstić information content (AvgIpc) is 3.25. The summed E-state index contributed by atoms with van der Waals surface area (Å²) in [4.78, 5) is 13.9. The zero-order valence-corrected chi connectivity index (χ0v) is 20.4. The lowest BCUT2D eigenvalue weighted by Crippen LogP contribution is -2.32. The summed E-state index contributed by atoms with van der Waals surface area (Å²) in [6.07, 6.45) is 4.81. The summed E-state index contributed by atoms with van der Waals surface area (Å²) in [5.41, 5.74) is 5.78. The van der Waals surface area contributed by atoms with Crippen molar-refractivity contribution in [2.24, 2.45) is 0 Å². The fraction of sp³-hybridized carbons (Fsp3) is 0.400. The van der Waals surface area contributed by atoms with Crippen LogP contribution in [0.25, 0.3) is 5.82 Å². The maximum atomic E-state index is 5.82. The van der Waals surface area contributed by atoms with Crippen molar-refractivity contribution in [2.45, 2.75) is 39.3 Å². The molecule has 2 atom stereocenters. The number of aromatic nitrogens is 3. The van der Waals surface area contributed by atoms with E-state index in [0.717, 1.165) is 41.7 Å². The smallest absolute Gasteiger partial charge is 0.170 e. The van der Waals surface area contributed by atoms with Gasteiger partial charge in [-0.2, -0.15) is 0 Å². The molecule has 6 nitrogen and oxygen atoms in total. The first kappa shape index (κ1) is 22.4. The first-order valence-corrected chi connectivity index (χ1v) is 11.5. The van der Waals surface area contributed by atoms with Gasteiger partial charge < -0.3 is 19.7 Å². The third-order valence-corrected chi connectivity index (χ3v) is 6.47. The lowest BCUT2D eigenvalue weighted by Gasteiger charge is -2.28. The van der Waals surface area contributed by atoms with E-state index in [9.17, 15) is 0 Å². The van der Waals surface area contributed by atoms with Crippen LogP contribution in [0.4, 0.5) is 0 Å². The molecule has 0 spiro atoms. The van der Waals surface area contributed by atoms with Crippen molar-refractivity contribution < 1.29 is 0 Å². The predicted molar refractivity (Wildman–Crippen MR) is 133 cm³/mol. The highest BCUT2D eigenvalue weighted by molar-refractivity contribution is 7.80. The molecule has 0 aromatic carbocycles. The van der Waals surface area contributed by atoms with Gasteiger partial charge in [0.1, 0.15) is 5.82 Å². The summed E-state index contributed by atoms with van der Waals surface area (Å²) in [6, 6.07) is 12.6. The van der Waals surface area contributed by atoms with Crippen molar-refractivity contribution >= 4 is 17.3 Å². The monoisotopic (exact) mass is 448 g/mol. The maximum Gasteiger partial charge on any atom is 0.170 e. The number of hydrogen-bond acceptors (Lipinski definition) is 4. The van der Waals surface area contributed by atoms with Crippen LogP contribution < -0.4 is 5.32 Å². The maximum absolute atomic E-state index is 5.82. The molecule has 0 bridgehead atoms. The van der Waals surface area contributed by atoms with E-state index in [0.29, 0.717) is 0 Å². The van der Waals surface area contributed by atoms with Crippen molar-refractivity contribution in [3.05, 3.63) is 77.0 Å². The molecule has 4 rings (SSSR count). The van der Waals surface area contributed by atoms with Gasteiger partial charge in [0.25, 0.3) is 0 Å². The molecule has 3 aromatic heterocycles. The number of aryl methyl sites for hydroxylation is 2. The van der Waals surface area contributed by atoms with Gasteiger partial charge in [0.15, 0.2) is 5.11 Å². The Labute approximate surface area is 196 Å². The number of nitrogens with one attached hydrogen (secondary N) is 1.